The third kappa shape index (κ3) is 3.68. The molecule has 0 N–H and O–H groups in total. The highest BCUT2D eigenvalue weighted by Crippen LogP contribution is 2.16. The van der Waals surface area contributed by atoms with Crippen LogP contribution in [0.2, 0.25) is 0 Å². The summed E-state index contributed by atoms with van der Waals surface area (Å²) in [5.41, 5.74) is 0.627. The van der Waals surface area contributed by atoms with Gasteiger partial charge >= 0.3 is 5.82 Å². The second kappa shape index (κ2) is 6.68. The first-order valence-corrected chi connectivity index (χ1v) is 6.05. The van der Waals surface area contributed by atoms with E-state index in [4.69, 9.17) is 15.3 Å². The van der Waals surface area contributed by atoms with E-state index in [9.17, 15) is 10.1 Å². The lowest BCUT2D eigenvalue weighted by Gasteiger charge is -2.04. The van der Waals surface area contributed by atoms with Crippen LogP contribution in [0, 0.1) is 32.8 Å². The standard InChI is InChI=1S/C14H9N5O3/c15-8-12(9-16)6-11-2-1-3-13(7-11)22-10-18-5-4-14(17-18)19(20)21/h1-7H,10H2. The molecule has 2 aromatic rings. The normalized spacial score (nSPS) is 9.36. The molecule has 22 heavy (non-hydrogen) atoms. The van der Waals surface area contributed by atoms with Crippen LogP contribution in [0.15, 0.2) is 42.1 Å². The second-order valence-electron chi connectivity index (χ2n) is 4.10. The lowest BCUT2D eigenvalue weighted by molar-refractivity contribution is -0.389. The summed E-state index contributed by atoms with van der Waals surface area (Å²) in [7, 11) is 0. The highest BCUT2D eigenvalue weighted by Gasteiger charge is 2.10. The zero-order valence-corrected chi connectivity index (χ0v) is 11.2. The number of nitriles is 2. The number of hydrogen-bond donors (Lipinski definition) is 0. The first-order valence-electron chi connectivity index (χ1n) is 6.05. The van der Waals surface area contributed by atoms with Crippen LogP contribution < -0.4 is 4.74 Å². The predicted molar refractivity (Wildman–Crippen MR) is 75.2 cm³/mol. The molecule has 0 aliphatic heterocycles. The molecule has 1 aromatic carbocycles. The summed E-state index contributed by atoms with van der Waals surface area (Å²) in [6.07, 6.45) is 2.87. The Balaban J connectivity index is 2.07. The molecular weight excluding hydrogens is 286 g/mol. The minimum atomic E-state index is -0.590. The Hall–Kier alpha value is -3.65. The molecule has 0 aliphatic carbocycles. The Labute approximate surface area is 125 Å². The number of allylic oxidation sites excluding steroid dienone is 1. The smallest absolute Gasteiger partial charge is 0.390 e. The monoisotopic (exact) mass is 295 g/mol. The van der Waals surface area contributed by atoms with Gasteiger partial charge < -0.3 is 14.9 Å². The number of nitro groups is 1. The van der Waals surface area contributed by atoms with Crippen molar-refractivity contribution in [3.8, 4) is 17.9 Å². The van der Waals surface area contributed by atoms with Crippen LogP contribution in [0.1, 0.15) is 5.56 Å². The molecule has 8 nitrogen and oxygen atoms in total. The van der Waals surface area contributed by atoms with Crippen molar-refractivity contribution in [3.63, 3.8) is 0 Å². The maximum atomic E-state index is 10.5. The molecule has 0 saturated heterocycles. The number of rotatable bonds is 5. The molecule has 0 unspecified atom stereocenters. The predicted octanol–water partition coefficient (Wildman–Crippen LogP) is 2.26. The van der Waals surface area contributed by atoms with Crippen LogP contribution in [0.3, 0.4) is 0 Å². The van der Waals surface area contributed by atoms with E-state index < -0.39 is 4.92 Å². The van der Waals surface area contributed by atoms with Gasteiger partial charge in [0, 0.05) is 0 Å². The third-order valence-electron chi connectivity index (χ3n) is 2.59. The summed E-state index contributed by atoms with van der Waals surface area (Å²) in [6, 6.07) is 11.6. The molecular formula is C14H9N5O3. The van der Waals surface area contributed by atoms with Crippen LogP contribution >= 0.6 is 0 Å². The highest BCUT2D eigenvalue weighted by atomic mass is 16.6. The number of hydrogen-bond acceptors (Lipinski definition) is 6. The van der Waals surface area contributed by atoms with Gasteiger partial charge in [0.25, 0.3) is 0 Å². The van der Waals surface area contributed by atoms with Crippen molar-refractivity contribution >= 4 is 11.9 Å². The summed E-state index contributed by atoms with van der Waals surface area (Å²) in [5.74, 6) is 0.232. The Morgan fingerprint density at radius 2 is 2.18 bits per heavy atom. The van der Waals surface area contributed by atoms with Crippen molar-refractivity contribution in [2.75, 3.05) is 0 Å². The Kier molecular flexibility index (Phi) is 4.48. The fraction of sp³-hybridized carbons (Fsp3) is 0.0714. The molecule has 1 aromatic heterocycles. The van der Waals surface area contributed by atoms with Crippen molar-refractivity contribution in [1.82, 2.24) is 9.78 Å². The molecule has 0 aliphatic rings. The van der Waals surface area contributed by atoms with Crippen molar-refractivity contribution in [1.29, 1.82) is 10.5 Å². The SMILES string of the molecule is N#CC(C#N)=Cc1cccc(OCn2ccc([N+](=O)[O-])n2)c1. The average molecular weight is 295 g/mol. The topological polar surface area (TPSA) is 118 Å². The summed E-state index contributed by atoms with van der Waals surface area (Å²) in [5, 5.41) is 31.7. The Morgan fingerprint density at radius 1 is 1.41 bits per heavy atom. The summed E-state index contributed by atoms with van der Waals surface area (Å²) < 4.78 is 6.75. The van der Waals surface area contributed by atoms with E-state index in [1.54, 1.807) is 36.4 Å². The van der Waals surface area contributed by atoms with Crippen LogP contribution in [0.4, 0.5) is 5.82 Å². The maximum absolute atomic E-state index is 10.5. The molecule has 2 rings (SSSR count). The fourth-order valence-corrected chi connectivity index (χ4v) is 1.61. The Morgan fingerprint density at radius 3 is 2.82 bits per heavy atom. The van der Waals surface area contributed by atoms with Crippen molar-refractivity contribution < 1.29 is 9.66 Å². The largest absolute Gasteiger partial charge is 0.469 e. The van der Waals surface area contributed by atoms with E-state index in [1.165, 1.54) is 23.0 Å². The molecule has 0 radical (unpaired) electrons. The molecule has 1 heterocycles. The summed E-state index contributed by atoms with van der Waals surface area (Å²) in [4.78, 5) is 9.93. The van der Waals surface area contributed by atoms with Gasteiger partial charge in [-0.2, -0.15) is 10.5 Å². The zero-order valence-electron chi connectivity index (χ0n) is 11.2. The quantitative estimate of drug-likeness (QED) is 0.474. The molecule has 0 saturated carbocycles. The van der Waals surface area contributed by atoms with Gasteiger partial charge in [-0.25, -0.2) is 0 Å². The van der Waals surface area contributed by atoms with E-state index in [2.05, 4.69) is 5.10 Å². The van der Waals surface area contributed by atoms with Gasteiger partial charge in [0.1, 0.15) is 23.5 Å². The van der Waals surface area contributed by atoms with Crippen molar-refractivity contribution in [3.05, 3.63) is 57.8 Å². The van der Waals surface area contributed by atoms with Gasteiger partial charge in [0.05, 0.1) is 17.4 Å². The van der Waals surface area contributed by atoms with Crippen molar-refractivity contribution in [2.24, 2.45) is 0 Å². The first-order chi connectivity index (χ1) is 10.6. The van der Waals surface area contributed by atoms with E-state index in [1.807, 2.05) is 0 Å². The van der Waals surface area contributed by atoms with Gasteiger partial charge in [0.15, 0.2) is 0 Å². The minimum Gasteiger partial charge on any atom is -0.469 e. The number of benzene rings is 1. The fourth-order valence-electron chi connectivity index (χ4n) is 1.61. The van der Waals surface area contributed by atoms with Crippen LogP contribution in [-0.4, -0.2) is 14.7 Å². The van der Waals surface area contributed by atoms with Crippen LogP contribution in [-0.2, 0) is 6.73 Å². The number of aromatic nitrogens is 2. The van der Waals surface area contributed by atoms with Gasteiger partial charge in [-0.3, -0.25) is 0 Å². The van der Waals surface area contributed by atoms with E-state index in [0.29, 0.717) is 11.3 Å². The van der Waals surface area contributed by atoms with Gasteiger partial charge in [-0.05, 0) is 28.7 Å². The first kappa shape index (κ1) is 14.8. The van der Waals surface area contributed by atoms with Gasteiger partial charge in [-0.1, -0.05) is 12.1 Å². The Bertz CT molecular complexity index is 794. The van der Waals surface area contributed by atoms with Crippen molar-refractivity contribution in [2.45, 2.75) is 6.73 Å². The number of ether oxygens (including phenoxy) is 1. The van der Waals surface area contributed by atoms with E-state index >= 15 is 0 Å². The zero-order chi connectivity index (χ0) is 15.9. The highest BCUT2D eigenvalue weighted by molar-refractivity contribution is 5.62. The number of nitrogens with zero attached hydrogens (tertiary/aromatic N) is 5. The molecule has 8 heteroatoms. The van der Waals surface area contributed by atoms with E-state index in [-0.39, 0.29) is 18.1 Å². The third-order valence-corrected chi connectivity index (χ3v) is 2.59. The van der Waals surface area contributed by atoms with Gasteiger partial charge in [0.2, 0.25) is 6.73 Å². The van der Waals surface area contributed by atoms with Gasteiger partial charge in [-0.15, -0.1) is 4.68 Å². The molecule has 0 fully saturated rings. The lowest BCUT2D eigenvalue weighted by atomic mass is 10.1. The maximum Gasteiger partial charge on any atom is 0.390 e. The molecule has 0 spiro atoms. The second-order valence-corrected chi connectivity index (χ2v) is 4.10. The minimum absolute atomic E-state index is 0.00433. The summed E-state index contributed by atoms with van der Waals surface area (Å²) >= 11 is 0. The average Bonchev–Trinajstić information content (AvgIpc) is 3.00. The van der Waals surface area contributed by atoms with E-state index in [0.717, 1.165) is 0 Å². The lowest BCUT2D eigenvalue weighted by Crippen LogP contribution is -2.06. The molecule has 0 amide bonds. The molecule has 108 valence electrons. The molecule has 0 atom stereocenters. The summed E-state index contributed by atoms with van der Waals surface area (Å²) in [6.45, 7) is 0.00433. The van der Waals surface area contributed by atoms with Crippen LogP contribution in [0.5, 0.6) is 5.75 Å². The molecule has 0 bridgehead atoms. The van der Waals surface area contributed by atoms with Crippen LogP contribution in [0.25, 0.3) is 6.08 Å².